The monoisotopic (exact) mass is 308 g/mol. The standard InChI is InChI=1S/C12H13BrN4O/c1-6-7(2)15-12(14)17-10(6)11-8(18-3)4-5-9(13)16-11/h4-5H,1-3H3,(H2,14,15,17). The molecule has 0 aromatic carbocycles. The molecule has 0 saturated heterocycles. The topological polar surface area (TPSA) is 73.9 Å². The van der Waals surface area contributed by atoms with Crippen molar-refractivity contribution in [2.45, 2.75) is 13.8 Å². The third-order valence-electron chi connectivity index (χ3n) is 2.67. The van der Waals surface area contributed by atoms with Crippen LogP contribution in [0.15, 0.2) is 16.7 Å². The van der Waals surface area contributed by atoms with Gasteiger partial charge in [0.2, 0.25) is 5.95 Å². The first-order valence-corrected chi connectivity index (χ1v) is 6.14. The van der Waals surface area contributed by atoms with Gasteiger partial charge in [0.1, 0.15) is 21.7 Å². The molecule has 2 rings (SSSR count). The van der Waals surface area contributed by atoms with Crippen molar-refractivity contribution in [1.82, 2.24) is 15.0 Å². The minimum atomic E-state index is 0.233. The van der Waals surface area contributed by atoms with Gasteiger partial charge in [0.15, 0.2) is 0 Å². The minimum absolute atomic E-state index is 0.233. The molecule has 5 nitrogen and oxygen atoms in total. The van der Waals surface area contributed by atoms with Gasteiger partial charge in [-0.1, -0.05) is 0 Å². The van der Waals surface area contributed by atoms with E-state index in [9.17, 15) is 0 Å². The van der Waals surface area contributed by atoms with Crippen molar-refractivity contribution < 1.29 is 4.74 Å². The van der Waals surface area contributed by atoms with Crippen LogP contribution in [0.3, 0.4) is 0 Å². The number of halogens is 1. The number of rotatable bonds is 2. The van der Waals surface area contributed by atoms with Gasteiger partial charge >= 0.3 is 0 Å². The normalized spacial score (nSPS) is 10.4. The van der Waals surface area contributed by atoms with Crippen LogP contribution in [0.4, 0.5) is 5.95 Å². The molecule has 0 bridgehead atoms. The van der Waals surface area contributed by atoms with Gasteiger partial charge in [-0.3, -0.25) is 0 Å². The van der Waals surface area contributed by atoms with Crippen LogP contribution in [0.1, 0.15) is 11.3 Å². The fraction of sp³-hybridized carbons (Fsp3) is 0.250. The van der Waals surface area contributed by atoms with Gasteiger partial charge in [-0.25, -0.2) is 15.0 Å². The summed E-state index contributed by atoms with van der Waals surface area (Å²) in [7, 11) is 1.60. The number of nitrogens with zero attached hydrogens (tertiary/aromatic N) is 3. The van der Waals surface area contributed by atoms with Crippen LogP contribution in [0.5, 0.6) is 5.75 Å². The number of nitrogen functional groups attached to an aromatic ring is 1. The molecule has 0 unspecified atom stereocenters. The zero-order valence-electron chi connectivity index (χ0n) is 10.4. The van der Waals surface area contributed by atoms with Crippen LogP contribution in [0.25, 0.3) is 11.4 Å². The molecule has 94 valence electrons. The summed E-state index contributed by atoms with van der Waals surface area (Å²) >= 11 is 3.34. The van der Waals surface area contributed by atoms with Crippen molar-refractivity contribution in [1.29, 1.82) is 0 Å². The average Bonchev–Trinajstić information content (AvgIpc) is 2.33. The maximum Gasteiger partial charge on any atom is 0.220 e. The lowest BCUT2D eigenvalue weighted by Gasteiger charge is -2.11. The number of pyridine rings is 1. The third-order valence-corrected chi connectivity index (χ3v) is 3.12. The zero-order chi connectivity index (χ0) is 13.3. The Balaban J connectivity index is 2.72. The third kappa shape index (κ3) is 2.28. The fourth-order valence-electron chi connectivity index (χ4n) is 1.64. The molecule has 0 aliphatic carbocycles. The van der Waals surface area contributed by atoms with Gasteiger partial charge in [-0.2, -0.15) is 0 Å². The summed E-state index contributed by atoms with van der Waals surface area (Å²) < 4.78 is 6.02. The Labute approximate surface area is 114 Å². The van der Waals surface area contributed by atoms with Gasteiger partial charge in [-0.05, 0) is 47.5 Å². The number of aromatic nitrogens is 3. The highest BCUT2D eigenvalue weighted by atomic mass is 79.9. The van der Waals surface area contributed by atoms with E-state index < -0.39 is 0 Å². The number of anilines is 1. The fourth-order valence-corrected chi connectivity index (χ4v) is 1.95. The average molecular weight is 309 g/mol. The first-order chi connectivity index (χ1) is 8.52. The number of nitrogens with two attached hydrogens (primary N) is 1. The molecule has 0 aliphatic rings. The van der Waals surface area contributed by atoms with E-state index >= 15 is 0 Å². The van der Waals surface area contributed by atoms with Crippen LogP contribution in [0.2, 0.25) is 0 Å². The second-order valence-corrected chi connectivity index (χ2v) is 4.64. The Hall–Kier alpha value is -1.69. The van der Waals surface area contributed by atoms with Crippen LogP contribution in [0, 0.1) is 13.8 Å². The molecule has 0 atom stereocenters. The summed E-state index contributed by atoms with van der Waals surface area (Å²) in [6.45, 7) is 3.83. The van der Waals surface area contributed by atoms with Crippen molar-refractivity contribution in [3.63, 3.8) is 0 Å². The van der Waals surface area contributed by atoms with E-state index in [-0.39, 0.29) is 5.95 Å². The van der Waals surface area contributed by atoms with E-state index in [0.29, 0.717) is 21.7 Å². The summed E-state index contributed by atoms with van der Waals surface area (Å²) in [5.74, 6) is 0.885. The number of hydrogen-bond acceptors (Lipinski definition) is 5. The summed E-state index contributed by atoms with van der Waals surface area (Å²) in [4.78, 5) is 12.8. The molecular weight excluding hydrogens is 296 g/mol. The lowest BCUT2D eigenvalue weighted by Crippen LogP contribution is -2.04. The molecule has 0 saturated carbocycles. The first kappa shape index (κ1) is 12.8. The van der Waals surface area contributed by atoms with E-state index in [1.165, 1.54) is 0 Å². The Morgan fingerprint density at radius 3 is 2.50 bits per heavy atom. The maximum atomic E-state index is 5.69. The summed E-state index contributed by atoms with van der Waals surface area (Å²) in [5.41, 5.74) is 8.81. The number of methoxy groups -OCH3 is 1. The van der Waals surface area contributed by atoms with Crippen LogP contribution in [-0.2, 0) is 0 Å². The quantitative estimate of drug-likeness (QED) is 0.863. The van der Waals surface area contributed by atoms with Crippen molar-refractivity contribution in [2.24, 2.45) is 0 Å². The first-order valence-electron chi connectivity index (χ1n) is 5.34. The van der Waals surface area contributed by atoms with Gasteiger partial charge in [0.25, 0.3) is 0 Å². The molecule has 0 spiro atoms. The summed E-state index contributed by atoms with van der Waals surface area (Å²) in [5, 5.41) is 0. The van der Waals surface area contributed by atoms with Crippen molar-refractivity contribution >= 4 is 21.9 Å². The minimum Gasteiger partial charge on any atom is -0.494 e. The molecular formula is C12H13BrN4O. The molecule has 2 N–H and O–H groups in total. The van der Waals surface area contributed by atoms with Crippen LogP contribution < -0.4 is 10.5 Å². The molecule has 0 radical (unpaired) electrons. The van der Waals surface area contributed by atoms with Crippen LogP contribution >= 0.6 is 15.9 Å². The lowest BCUT2D eigenvalue weighted by atomic mass is 10.1. The predicted octanol–water partition coefficient (Wildman–Crippen LogP) is 2.51. The second kappa shape index (κ2) is 4.89. The van der Waals surface area contributed by atoms with Gasteiger partial charge in [0, 0.05) is 5.69 Å². The molecule has 6 heteroatoms. The number of hydrogen-bond donors (Lipinski definition) is 1. The number of ether oxygens (including phenoxy) is 1. The van der Waals surface area contributed by atoms with Crippen molar-refractivity contribution in [3.8, 4) is 17.1 Å². The van der Waals surface area contributed by atoms with Gasteiger partial charge in [-0.15, -0.1) is 0 Å². The Morgan fingerprint density at radius 2 is 1.83 bits per heavy atom. The summed E-state index contributed by atoms with van der Waals surface area (Å²) in [6, 6.07) is 3.65. The maximum absolute atomic E-state index is 5.69. The SMILES string of the molecule is COc1ccc(Br)nc1-c1nc(N)nc(C)c1C. The number of aryl methyl sites for hydroxylation is 1. The van der Waals surface area contributed by atoms with E-state index in [0.717, 1.165) is 11.3 Å². The van der Waals surface area contributed by atoms with E-state index in [4.69, 9.17) is 10.5 Å². The van der Waals surface area contributed by atoms with Gasteiger partial charge < -0.3 is 10.5 Å². The second-order valence-electron chi connectivity index (χ2n) is 3.83. The molecule has 0 fully saturated rings. The highest BCUT2D eigenvalue weighted by molar-refractivity contribution is 9.10. The Bertz CT molecular complexity index is 601. The zero-order valence-corrected chi connectivity index (χ0v) is 11.9. The predicted molar refractivity (Wildman–Crippen MR) is 73.4 cm³/mol. The molecule has 0 amide bonds. The van der Waals surface area contributed by atoms with E-state index in [2.05, 4.69) is 30.9 Å². The van der Waals surface area contributed by atoms with E-state index in [1.807, 2.05) is 26.0 Å². The molecule has 18 heavy (non-hydrogen) atoms. The van der Waals surface area contributed by atoms with Crippen molar-refractivity contribution in [3.05, 3.63) is 28.0 Å². The molecule has 2 heterocycles. The molecule has 0 aliphatic heterocycles. The van der Waals surface area contributed by atoms with Gasteiger partial charge in [0.05, 0.1) is 7.11 Å². The highest BCUT2D eigenvalue weighted by Crippen LogP contribution is 2.31. The smallest absolute Gasteiger partial charge is 0.220 e. The lowest BCUT2D eigenvalue weighted by molar-refractivity contribution is 0.414. The summed E-state index contributed by atoms with van der Waals surface area (Å²) in [6.07, 6.45) is 0. The van der Waals surface area contributed by atoms with E-state index in [1.54, 1.807) is 7.11 Å². The molecule has 2 aromatic rings. The Morgan fingerprint density at radius 1 is 1.11 bits per heavy atom. The molecule has 2 aromatic heterocycles. The van der Waals surface area contributed by atoms with Crippen molar-refractivity contribution in [2.75, 3.05) is 12.8 Å². The largest absolute Gasteiger partial charge is 0.494 e. The van der Waals surface area contributed by atoms with Crippen LogP contribution in [-0.4, -0.2) is 22.1 Å². The Kier molecular flexibility index (Phi) is 3.47. The highest BCUT2D eigenvalue weighted by Gasteiger charge is 2.15.